The van der Waals surface area contributed by atoms with Crippen molar-refractivity contribution in [3.63, 3.8) is 0 Å². The van der Waals surface area contributed by atoms with E-state index in [1.165, 1.54) is 141 Å². The summed E-state index contributed by atoms with van der Waals surface area (Å²) in [5, 5.41) is 0. The van der Waals surface area contributed by atoms with Gasteiger partial charge in [-0.3, -0.25) is 14.4 Å². The monoisotopic (exact) mass is 1120 g/mol. The summed E-state index contributed by atoms with van der Waals surface area (Å²) in [6, 6.07) is 0. The summed E-state index contributed by atoms with van der Waals surface area (Å²) in [6.07, 6.45) is 95.1. The summed E-state index contributed by atoms with van der Waals surface area (Å²) >= 11 is 0. The van der Waals surface area contributed by atoms with Crippen LogP contribution in [0.5, 0.6) is 0 Å². The summed E-state index contributed by atoms with van der Waals surface area (Å²) in [4.78, 5) is 38.4. The fourth-order valence-electron chi connectivity index (χ4n) is 9.40. The molecule has 462 valence electrons. The molecule has 0 aliphatic rings. The smallest absolute Gasteiger partial charge is 0.306 e. The normalized spacial score (nSPS) is 12.9. The van der Waals surface area contributed by atoms with Gasteiger partial charge in [0.1, 0.15) is 13.2 Å². The Labute approximate surface area is 501 Å². The third-order valence-corrected chi connectivity index (χ3v) is 14.4. The summed E-state index contributed by atoms with van der Waals surface area (Å²) in [5.74, 6) is -0.928. The summed E-state index contributed by atoms with van der Waals surface area (Å²) in [5.41, 5.74) is 0. The van der Waals surface area contributed by atoms with Crippen molar-refractivity contribution in [1.29, 1.82) is 0 Å². The number of carbonyl (C=O) groups excluding carboxylic acids is 3. The molecule has 1 atom stereocenters. The zero-order chi connectivity index (χ0) is 58.5. The molecule has 1 unspecified atom stereocenters. The zero-order valence-corrected chi connectivity index (χ0v) is 53.0. The van der Waals surface area contributed by atoms with Crippen molar-refractivity contribution >= 4 is 17.9 Å². The highest BCUT2D eigenvalue weighted by atomic mass is 16.6. The minimum absolute atomic E-state index is 0.0933. The minimum atomic E-state index is -0.801. The number of unbranched alkanes of at least 4 members (excludes halogenated alkanes) is 30. The SMILES string of the molecule is CC/C=C\C/C=C\C/C=C\C/C=C\CCCCCCCCCCCCCCCCCCC(=O)OCC(COC(=O)CCCCC/C=C\C/C=C\C/C=C\CC)OC(=O)CCCCCCCC/C=C\C/C=C\C/C=C\CCCCCCC. The second kappa shape index (κ2) is 68.3. The van der Waals surface area contributed by atoms with Crippen molar-refractivity contribution in [2.24, 2.45) is 0 Å². The number of ether oxygens (including phenoxy) is 3. The van der Waals surface area contributed by atoms with Gasteiger partial charge in [0.05, 0.1) is 0 Å². The standard InChI is InChI=1S/C75H126O6/c1-4-7-10-13-16-19-22-25-27-29-31-33-34-35-36-37-38-39-40-42-43-45-47-50-53-56-59-62-65-68-74(77)80-71-72(70-79-73(76)67-64-61-58-55-52-49-24-21-18-15-12-9-6-3)81-75(78)69-66-63-60-57-54-51-48-46-44-41-32-30-28-26-23-20-17-14-11-8-5-2/h7,9-10,12,16,18-19,21,23,25-27,30-33,44,46,49,52,72H,4-6,8,11,13-15,17,20,22,24,28-29,34-43,45,47-48,50-51,53-71H2,1-3H3/b10-7-,12-9-,19-16-,21-18-,26-23-,27-25-,32-30-,33-31-,46-44-,52-49-. The Morgan fingerprint density at radius 2 is 0.481 bits per heavy atom. The zero-order valence-electron chi connectivity index (χ0n) is 53.0. The van der Waals surface area contributed by atoms with Crippen molar-refractivity contribution in [1.82, 2.24) is 0 Å². The fraction of sp³-hybridized carbons (Fsp3) is 0.693. The van der Waals surface area contributed by atoms with Gasteiger partial charge in [0.25, 0.3) is 0 Å². The second-order valence-electron chi connectivity index (χ2n) is 22.3. The van der Waals surface area contributed by atoms with Crippen LogP contribution in [-0.4, -0.2) is 37.2 Å². The van der Waals surface area contributed by atoms with Crippen LogP contribution in [0.4, 0.5) is 0 Å². The van der Waals surface area contributed by atoms with Crippen molar-refractivity contribution in [3.8, 4) is 0 Å². The third-order valence-electron chi connectivity index (χ3n) is 14.4. The van der Waals surface area contributed by atoms with Crippen LogP contribution in [0.3, 0.4) is 0 Å². The highest BCUT2D eigenvalue weighted by Crippen LogP contribution is 2.16. The quantitative estimate of drug-likeness (QED) is 0.0261. The molecule has 0 bridgehead atoms. The number of hydrogen-bond acceptors (Lipinski definition) is 6. The first-order valence-corrected chi connectivity index (χ1v) is 34.0. The first-order valence-electron chi connectivity index (χ1n) is 34.0. The predicted octanol–water partition coefficient (Wildman–Crippen LogP) is 23.6. The maximum atomic E-state index is 12.9. The van der Waals surface area contributed by atoms with Gasteiger partial charge in [-0.1, -0.05) is 290 Å². The van der Waals surface area contributed by atoms with Gasteiger partial charge < -0.3 is 14.2 Å². The molecule has 0 aromatic rings. The minimum Gasteiger partial charge on any atom is -0.462 e. The van der Waals surface area contributed by atoms with Crippen molar-refractivity contribution in [3.05, 3.63) is 122 Å². The van der Waals surface area contributed by atoms with E-state index in [1.54, 1.807) is 0 Å². The first-order chi connectivity index (χ1) is 40.0. The van der Waals surface area contributed by atoms with Gasteiger partial charge in [0.2, 0.25) is 0 Å². The van der Waals surface area contributed by atoms with Crippen LogP contribution in [0.1, 0.15) is 316 Å². The molecule has 0 spiro atoms. The molecule has 0 amide bonds. The van der Waals surface area contributed by atoms with Crippen LogP contribution in [0.15, 0.2) is 122 Å². The lowest BCUT2D eigenvalue weighted by Crippen LogP contribution is -2.30. The molecular weight excluding hydrogens is 997 g/mol. The van der Waals surface area contributed by atoms with E-state index in [4.69, 9.17) is 14.2 Å². The largest absolute Gasteiger partial charge is 0.462 e. The topological polar surface area (TPSA) is 78.9 Å². The van der Waals surface area contributed by atoms with Crippen LogP contribution in [0, 0.1) is 0 Å². The average Bonchev–Trinajstić information content (AvgIpc) is 3.46. The first kappa shape index (κ1) is 76.8. The molecule has 0 aromatic heterocycles. The lowest BCUT2D eigenvalue weighted by molar-refractivity contribution is -0.167. The van der Waals surface area contributed by atoms with Crippen molar-refractivity contribution in [2.45, 2.75) is 322 Å². The molecule has 0 fully saturated rings. The van der Waals surface area contributed by atoms with E-state index in [0.717, 1.165) is 135 Å². The number of carbonyl (C=O) groups is 3. The number of hydrogen-bond donors (Lipinski definition) is 0. The second-order valence-corrected chi connectivity index (χ2v) is 22.3. The number of rotatable bonds is 61. The molecule has 0 saturated heterocycles. The van der Waals surface area contributed by atoms with Gasteiger partial charge in [0, 0.05) is 19.3 Å². The molecule has 6 nitrogen and oxygen atoms in total. The van der Waals surface area contributed by atoms with Gasteiger partial charge in [-0.05, 0) is 128 Å². The Morgan fingerprint density at radius 1 is 0.259 bits per heavy atom. The molecule has 6 heteroatoms. The maximum absolute atomic E-state index is 12.9. The van der Waals surface area contributed by atoms with E-state index >= 15 is 0 Å². The number of esters is 3. The lowest BCUT2D eigenvalue weighted by Gasteiger charge is -2.18. The van der Waals surface area contributed by atoms with E-state index < -0.39 is 6.10 Å². The summed E-state index contributed by atoms with van der Waals surface area (Å²) in [6.45, 7) is 6.39. The van der Waals surface area contributed by atoms with E-state index in [0.29, 0.717) is 19.3 Å². The van der Waals surface area contributed by atoms with E-state index in [9.17, 15) is 14.4 Å². The Balaban J connectivity index is 4.30. The van der Waals surface area contributed by atoms with Gasteiger partial charge >= 0.3 is 17.9 Å². The molecule has 0 aliphatic heterocycles. The number of allylic oxidation sites excluding steroid dienone is 20. The Kier molecular flexibility index (Phi) is 64.8. The van der Waals surface area contributed by atoms with Gasteiger partial charge in [-0.2, -0.15) is 0 Å². The van der Waals surface area contributed by atoms with E-state index in [1.807, 2.05) is 0 Å². The molecule has 81 heavy (non-hydrogen) atoms. The predicted molar refractivity (Wildman–Crippen MR) is 353 cm³/mol. The van der Waals surface area contributed by atoms with Crippen molar-refractivity contribution < 1.29 is 28.6 Å². The molecule has 0 saturated carbocycles. The molecule has 0 aromatic carbocycles. The van der Waals surface area contributed by atoms with Crippen molar-refractivity contribution in [2.75, 3.05) is 13.2 Å². The average molecular weight is 1120 g/mol. The van der Waals surface area contributed by atoms with Crippen LogP contribution in [-0.2, 0) is 28.6 Å². The highest BCUT2D eigenvalue weighted by molar-refractivity contribution is 5.71. The van der Waals surface area contributed by atoms with Crippen LogP contribution in [0.25, 0.3) is 0 Å². The lowest BCUT2D eigenvalue weighted by atomic mass is 10.0. The van der Waals surface area contributed by atoms with E-state index in [-0.39, 0.29) is 31.1 Å². The van der Waals surface area contributed by atoms with Crippen LogP contribution >= 0.6 is 0 Å². The van der Waals surface area contributed by atoms with Gasteiger partial charge in [-0.25, -0.2) is 0 Å². The van der Waals surface area contributed by atoms with Crippen LogP contribution in [0.2, 0.25) is 0 Å². The summed E-state index contributed by atoms with van der Waals surface area (Å²) in [7, 11) is 0. The molecule has 0 rings (SSSR count). The Hall–Kier alpha value is -4.19. The summed E-state index contributed by atoms with van der Waals surface area (Å²) < 4.78 is 16.9. The van der Waals surface area contributed by atoms with E-state index in [2.05, 4.69) is 142 Å². The van der Waals surface area contributed by atoms with Crippen LogP contribution < -0.4 is 0 Å². The molecule has 0 N–H and O–H groups in total. The molecule has 0 radical (unpaired) electrons. The Morgan fingerprint density at radius 3 is 0.765 bits per heavy atom. The molecule has 0 aliphatic carbocycles. The molecular formula is C75H126O6. The van der Waals surface area contributed by atoms with Gasteiger partial charge in [-0.15, -0.1) is 0 Å². The third kappa shape index (κ3) is 66.5. The maximum Gasteiger partial charge on any atom is 0.306 e. The fourth-order valence-corrected chi connectivity index (χ4v) is 9.40. The Bertz CT molecular complexity index is 1670. The van der Waals surface area contributed by atoms with Gasteiger partial charge in [0.15, 0.2) is 6.10 Å². The highest BCUT2D eigenvalue weighted by Gasteiger charge is 2.19. The molecule has 0 heterocycles.